The summed E-state index contributed by atoms with van der Waals surface area (Å²) in [6.45, 7) is 4.45. The Morgan fingerprint density at radius 3 is 2.47 bits per heavy atom. The summed E-state index contributed by atoms with van der Waals surface area (Å²) in [5.74, 6) is -0.600. The van der Waals surface area contributed by atoms with Gasteiger partial charge in [0, 0.05) is 50.9 Å². The van der Waals surface area contributed by atoms with E-state index in [4.69, 9.17) is 5.73 Å². The first-order chi connectivity index (χ1) is 15.4. The van der Waals surface area contributed by atoms with Gasteiger partial charge in [0.1, 0.15) is 12.1 Å². The number of likely N-dealkylation sites (N-methyl/N-ethyl adjacent to an activating group) is 1. The van der Waals surface area contributed by atoms with Crippen LogP contribution in [0.4, 0.5) is 27.5 Å². The number of hydrogen-bond acceptors (Lipinski definition) is 9. The third-order valence-corrected chi connectivity index (χ3v) is 5.98. The second kappa shape index (κ2) is 9.43. The van der Waals surface area contributed by atoms with Crippen molar-refractivity contribution in [3.63, 3.8) is 0 Å². The van der Waals surface area contributed by atoms with Crippen molar-refractivity contribution in [1.29, 1.82) is 0 Å². The van der Waals surface area contributed by atoms with E-state index in [0.717, 1.165) is 32.5 Å². The smallest absolute Gasteiger partial charge is 0.273 e. The first-order valence-corrected chi connectivity index (χ1v) is 10.7. The van der Waals surface area contributed by atoms with Crippen LogP contribution in [-0.2, 0) is 4.79 Å². The number of nitrogens with zero attached hydrogens (tertiary/aromatic N) is 6. The molecule has 1 aromatic heterocycles. The lowest BCUT2D eigenvalue weighted by Crippen LogP contribution is -2.45. The number of primary amides is 1. The number of anilines is 4. The van der Waals surface area contributed by atoms with Crippen LogP contribution in [0, 0.1) is 11.7 Å². The molecule has 1 amide bonds. The van der Waals surface area contributed by atoms with E-state index in [9.17, 15) is 14.0 Å². The first kappa shape index (κ1) is 21.9. The van der Waals surface area contributed by atoms with Gasteiger partial charge < -0.3 is 30.5 Å². The number of aldehydes is 1. The zero-order chi connectivity index (χ0) is 22.7. The highest BCUT2D eigenvalue weighted by Crippen LogP contribution is 2.28. The van der Waals surface area contributed by atoms with Crippen molar-refractivity contribution >= 4 is 35.3 Å². The number of nitrogens with one attached hydrogen (secondary N) is 1. The number of carbonyl (C=O) groups excluding carboxylic acids is 2. The third kappa shape index (κ3) is 4.77. The Hall–Kier alpha value is -3.34. The van der Waals surface area contributed by atoms with Crippen LogP contribution in [0.15, 0.2) is 18.2 Å². The first-order valence-electron chi connectivity index (χ1n) is 10.7. The van der Waals surface area contributed by atoms with Crippen LogP contribution >= 0.6 is 0 Å². The second-order valence-corrected chi connectivity index (χ2v) is 8.22. The van der Waals surface area contributed by atoms with Gasteiger partial charge in [-0.1, -0.05) is 0 Å². The van der Waals surface area contributed by atoms with Crippen molar-refractivity contribution in [3.8, 4) is 0 Å². The number of halogens is 1. The zero-order valence-corrected chi connectivity index (χ0v) is 18.0. The van der Waals surface area contributed by atoms with Gasteiger partial charge in [-0.3, -0.25) is 4.79 Å². The summed E-state index contributed by atoms with van der Waals surface area (Å²) in [5.41, 5.74) is 6.23. The molecule has 170 valence electrons. The maximum absolute atomic E-state index is 14.9. The molecule has 11 heteroatoms. The average molecular weight is 442 g/mol. The molecule has 0 unspecified atom stereocenters. The van der Waals surface area contributed by atoms with Crippen molar-refractivity contribution in [2.24, 2.45) is 11.7 Å². The second-order valence-electron chi connectivity index (χ2n) is 8.22. The number of benzene rings is 1. The molecule has 3 heterocycles. The Morgan fingerprint density at radius 2 is 1.84 bits per heavy atom. The van der Waals surface area contributed by atoms with Crippen LogP contribution < -0.4 is 20.9 Å². The summed E-state index contributed by atoms with van der Waals surface area (Å²) in [6, 6.07) is 4.75. The van der Waals surface area contributed by atoms with Crippen LogP contribution in [0.2, 0.25) is 0 Å². The predicted molar refractivity (Wildman–Crippen MR) is 119 cm³/mol. The molecule has 2 aliphatic heterocycles. The van der Waals surface area contributed by atoms with E-state index in [0.29, 0.717) is 43.3 Å². The van der Waals surface area contributed by atoms with Crippen LogP contribution in [0.5, 0.6) is 0 Å². The molecule has 0 radical (unpaired) electrons. The van der Waals surface area contributed by atoms with Gasteiger partial charge in [-0.2, -0.15) is 4.98 Å². The summed E-state index contributed by atoms with van der Waals surface area (Å²) in [6.07, 6.45) is 2.41. The Balaban J connectivity index is 1.53. The molecular formula is C21H27FN8O2. The minimum Gasteiger partial charge on any atom is -0.369 e. The fourth-order valence-corrected chi connectivity index (χ4v) is 3.97. The van der Waals surface area contributed by atoms with Gasteiger partial charge in [0.15, 0.2) is 11.5 Å². The van der Waals surface area contributed by atoms with Gasteiger partial charge in [0.25, 0.3) is 5.91 Å². The summed E-state index contributed by atoms with van der Waals surface area (Å²) in [5, 5.41) is 11.0. The van der Waals surface area contributed by atoms with E-state index in [-0.39, 0.29) is 17.4 Å². The topological polar surface area (TPSA) is 121 Å². The molecule has 2 saturated heterocycles. The Bertz CT molecular complexity index is 988. The van der Waals surface area contributed by atoms with Crippen molar-refractivity contribution in [2.75, 3.05) is 61.4 Å². The lowest BCUT2D eigenvalue weighted by molar-refractivity contribution is -0.111. The molecule has 32 heavy (non-hydrogen) atoms. The van der Waals surface area contributed by atoms with Crippen molar-refractivity contribution in [2.45, 2.75) is 12.8 Å². The summed E-state index contributed by atoms with van der Waals surface area (Å²) in [4.78, 5) is 33.4. The van der Waals surface area contributed by atoms with Gasteiger partial charge >= 0.3 is 0 Å². The highest BCUT2D eigenvalue weighted by atomic mass is 19.1. The SMILES string of the molecule is CN1CCN(c2nnc(C(N)=O)c(Nc3ccc(N4CCC(C=O)CC4)c(F)c3)n2)CC1. The number of nitrogens with two attached hydrogens (primary N) is 1. The van der Waals surface area contributed by atoms with Gasteiger partial charge in [-0.05, 0) is 38.1 Å². The molecule has 3 N–H and O–H groups in total. The number of piperidine rings is 1. The maximum atomic E-state index is 14.9. The highest BCUT2D eigenvalue weighted by Gasteiger charge is 2.23. The average Bonchev–Trinajstić information content (AvgIpc) is 2.79. The van der Waals surface area contributed by atoms with Gasteiger partial charge in [-0.25, -0.2) is 4.39 Å². The highest BCUT2D eigenvalue weighted by molar-refractivity contribution is 5.96. The van der Waals surface area contributed by atoms with Crippen LogP contribution in [0.1, 0.15) is 23.3 Å². The molecule has 10 nitrogen and oxygen atoms in total. The molecule has 0 saturated carbocycles. The summed E-state index contributed by atoms with van der Waals surface area (Å²) >= 11 is 0. The lowest BCUT2D eigenvalue weighted by atomic mass is 9.98. The molecule has 0 atom stereocenters. The van der Waals surface area contributed by atoms with E-state index in [1.54, 1.807) is 12.1 Å². The predicted octanol–water partition coefficient (Wildman–Crippen LogP) is 1.02. The van der Waals surface area contributed by atoms with Crippen molar-refractivity contribution in [1.82, 2.24) is 20.1 Å². The summed E-state index contributed by atoms with van der Waals surface area (Å²) in [7, 11) is 2.04. The van der Waals surface area contributed by atoms with E-state index in [1.165, 1.54) is 6.07 Å². The van der Waals surface area contributed by atoms with Gasteiger partial charge in [-0.15, -0.1) is 10.2 Å². The zero-order valence-electron chi connectivity index (χ0n) is 18.0. The Kier molecular flexibility index (Phi) is 6.45. The van der Waals surface area contributed by atoms with Crippen molar-refractivity contribution < 1.29 is 14.0 Å². The fraction of sp³-hybridized carbons (Fsp3) is 0.476. The minimum absolute atomic E-state index is 0.0437. The molecule has 1 aromatic carbocycles. The molecule has 2 fully saturated rings. The molecule has 0 aliphatic carbocycles. The molecule has 4 rings (SSSR count). The third-order valence-electron chi connectivity index (χ3n) is 5.98. The molecule has 2 aromatic rings. The van der Waals surface area contributed by atoms with E-state index in [1.807, 2.05) is 16.8 Å². The van der Waals surface area contributed by atoms with Crippen LogP contribution in [0.25, 0.3) is 0 Å². The summed E-state index contributed by atoms with van der Waals surface area (Å²) < 4.78 is 14.9. The largest absolute Gasteiger partial charge is 0.369 e. The van der Waals surface area contributed by atoms with Crippen molar-refractivity contribution in [3.05, 3.63) is 29.7 Å². The number of aromatic nitrogens is 3. The quantitative estimate of drug-likeness (QED) is 0.632. The molecule has 2 aliphatic rings. The fourth-order valence-electron chi connectivity index (χ4n) is 3.97. The monoisotopic (exact) mass is 442 g/mol. The number of amides is 1. The van der Waals surface area contributed by atoms with Crippen LogP contribution in [-0.4, -0.2) is 78.6 Å². The number of carbonyl (C=O) groups is 2. The van der Waals surface area contributed by atoms with E-state index >= 15 is 0 Å². The number of rotatable bonds is 6. The minimum atomic E-state index is -0.771. The Labute approximate surface area is 185 Å². The van der Waals surface area contributed by atoms with E-state index in [2.05, 4.69) is 25.4 Å². The normalized spacial score (nSPS) is 17.9. The molecular weight excluding hydrogens is 415 g/mol. The standard InChI is InChI=1S/C21H27FN8O2/c1-28-8-10-30(11-9-28)21-25-20(18(19(23)32)26-27-21)24-15-2-3-17(16(22)12-15)29-6-4-14(13-31)5-7-29/h2-3,12-14H,4-11H2,1H3,(H2,23,32)(H,24,25,27). The van der Waals surface area contributed by atoms with Gasteiger partial charge in [0.05, 0.1) is 5.69 Å². The number of hydrogen-bond donors (Lipinski definition) is 2. The van der Waals surface area contributed by atoms with Gasteiger partial charge in [0.2, 0.25) is 5.95 Å². The van der Waals surface area contributed by atoms with Crippen LogP contribution in [0.3, 0.4) is 0 Å². The lowest BCUT2D eigenvalue weighted by Gasteiger charge is -2.32. The Morgan fingerprint density at radius 1 is 1.12 bits per heavy atom. The molecule has 0 bridgehead atoms. The molecule has 0 spiro atoms. The maximum Gasteiger partial charge on any atom is 0.273 e. The van der Waals surface area contributed by atoms with E-state index < -0.39 is 11.7 Å². The number of piperazine rings is 1.